The number of aromatic nitrogens is 1. The lowest BCUT2D eigenvalue weighted by atomic mass is 9.96. The standard InChI is InChI=1S/C23H24N2O4/c1-4-25-13-18(22-11-19(24-28-22)15-8-6-5-7-9-15)23(29-25)17-10-16(14(2)3)20(26)12-21(17)27/h5-12,14,26-27H,4,13H2,1-3H3. The van der Waals surface area contributed by atoms with E-state index in [1.165, 1.54) is 6.07 Å². The Bertz CT molecular complexity index is 1050. The maximum Gasteiger partial charge on any atom is 0.168 e. The number of phenols is 2. The third-order valence-electron chi connectivity index (χ3n) is 5.07. The van der Waals surface area contributed by atoms with Gasteiger partial charge in [0.1, 0.15) is 17.2 Å². The lowest BCUT2D eigenvalue weighted by molar-refractivity contribution is -0.0557. The van der Waals surface area contributed by atoms with E-state index in [4.69, 9.17) is 9.36 Å². The van der Waals surface area contributed by atoms with Crippen LogP contribution in [0.2, 0.25) is 0 Å². The Morgan fingerprint density at radius 1 is 1.07 bits per heavy atom. The van der Waals surface area contributed by atoms with Gasteiger partial charge in [0.15, 0.2) is 11.5 Å². The molecule has 0 aliphatic carbocycles. The minimum Gasteiger partial charge on any atom is -0.508 e. The third kappa shape index (κ3) is 3.59. The number of hydroxylamine groups is 2. The van der Waals surface area contributed by atoms with Crippen molar-refractivity contribution in [3.63, 3.8) is 0 Å². The smallest absolute Gasteiger partial charge is 0.168 e. The molecule has 0 amide bonds. The molecule has 0 spiro atoms. The minimum atomic E-state index is -0.0415. The lowest BCUT2D eigenvalue weighted by Gasteiger charge is -2.16. The molecule has 0 unspecified atom stereocenters. The Hall–Kier alpha value is -3.25. The van der Waals surface area contributed by atoms with E-state index in [0.29, 0.717) is 30.2 Å². The van der Waals surface area contributed by atoms with E-state index in [-0.39, 0.29) is 17.4 Å². The van der Waals surface area contributed by atoms with Gasteiger partial charge in [-0.25, -0.2) is 0 Å². The summed E-state index contributed by atoms with van der Waals surface area (Å²) in [5.74, 6) is 1.23. The lowest BCUT2D eigenvalue weighted by Crippen LogP contribution is -2.18. The highest BCUT2D eigenvalue weighted by atomic mass is 16.7. The largest absolute Gasteiger partial charge is 0.508 e. The Morgan fingerprint density at radius 2 is 1.83 bits per heavy atom. The first kappa shape index (κ1) is 19.1. The Morgan fingerprint density at radius 3 is 2.52 bits per heavy atom. The topological polar surface area (TPSA) is 79.0 Å². The molecule has 6 nitrogen and oxygen atoms in total. The van der Waals surface area contributed by atoms with Gasteiger partial charge in [-0.05, 0) is 24.5 Å². The number of benzene rings is 2. The highest BCUT2D eigenvalue weighted by Gasteiger charge is 2.30. The number of hydrogen-bond donors (Lipinski definition) is 2. The molecule has 0 saturated carbocycles. The fraction of sp³-hybridized carbons (Fsp3) is 0.261. The van der Waals surface area contributed by atoms with Gasteiger partial charge in [-0.3, -0.25) is 0 Å². The second kappa shape index (κ2) is 7.64. The van der Waals surface area contributed by atoms with Crippen LogP contribution in [0.1, 0.15) is 43.6 Å². The summed E-state index contributed by atoms with van der Waals surface area (Å²) in [5.41, 5.74) is 3.77. The van der Waals surface area contributed by atoms with Crippen LogP contribution in [0, 0.1) is 0 Å². The summed E-state index contributed by atoms with van der Waals surface area (Å²) >= 11 is 0. The minimum absolute atomic E-state index is 0.0415. The number of likely N-dealkylation sites (N-methyl/N-ethyl adjacent to an activating group) is 1. The van der Waals surface area contributed by atoms with Gasteiger partial charge in [-0.15, -0.1) is 5.06 Å². The summed E-state index contributed by atoms with van der Waals surface area (Å²) in [7, 11) is 0. The monoisotopic (exact) mass is 392 g/mol. The summed E-state index contributed by atoms with van der Waals surface area (Å²) in [6.07, 6.45) is 0. The maximum absolute atomic E-state index is 10.5. The fourth-order valence-corrected chi connectivity index (χ4v) is 3.44. The van der Waals surface area contributed by atoms with Crippen molar-refractivity contribution in [3.05, 3.63) is 65.4 Å². The molecule has 2 N–H and O–H groups in total. The molecule has 4 rings (SSSR count). The van der Waals surface area contributed by atoms with Gasteiger partial charge < -0.3 is 19.6 Å². The molecular formula is C23H24N2O4. The van der Waals surface area contributed by atoms with E-state index in [9.17, 15) is 10.2 Å². The van der Waals surface area contributed by atoms with E-state index in [1.807, 2.05) is 57.2 Å². The second-order valence-electron chi connectivity index (χ2n) is 7.38. The van der Waals surface area contributed by atoms with Gasteiger partial charge in [0, 0.05) is 24.2 Å². The Balaban J connectivity index is 1.81. The highest BCUT2D eigenvalue weighted by Crippen LogP contribution is 2.42. The average molecular weight is 392 g/mol. The van der Waals surface area contributed by atoms with Crippen molar-refractivity contribution in [2.24, 2.45) is 0 Å². The SMILES string of the molecule is CCN1CC(c2cc(-c3ccccc3)no2)=C(c2cc(C(C)C)c(O)cc2O)O1. The van der Waals surface area contributed by atoms with Crippen LogP contribution in [0.3, 0.4) is 0 Å². The van der Waals surface area contributed by atoms with Crippen molar-refractivity contribution in [2.75, 3.05) is 13.1 Å². The van der Waals surface area contributed by atoms with E-state index in [1.54, 1.807) is 11.1 Å². The first-order chi connectivity index (χ1) is 14.0. The molecule has 29 heavy (non-hydrogen) atoms. The third-order valence-corrected chi connectivity index (χ3v) is 5.07. The molecule has 2 aromatic carbocycles. The molecule has 150 valence electrons. The van der Waals surface area contributed by atoms with Crippen LogP contribution in [0.15, 0.2) is 53.1 Å². The van der Waals surface area contributed by atoms with Crippen LogP contribution in [-0.4, -0.2) is 33.5 Å². The summed E-state index contributed by atoms with van der Waals surface area (Å²) < 4.78 is 5.64. The molecule has 1 aliphatic heterocycles. The molecule has 0 saturated heterocycles. The molecule has 1 aromatic heterocycles. The number of hydrogen-bond acceptors (Lipinski definition) is 6. The van der Waals surface area contributed by atoms with E-state index < -0.39 is 0 Å². The predicted molar refractivity (Wildman–Crippen MR) is 111 cm³/mol. The average Bonchev–Trinajstić information content (AvgIpc) is 3.35. The number of nitrogens with zero attached hydrogens (tertiary/aromatic N) is 2. The summed E-state index contributed by atoms with van der Waals surface area (Å²) in [5, 5.41) is 26.7. The maximum atomic E-state index is 10.5. The predicted octanol–water partition coefficient (Wildman–Crippen LogP) is 5.01. The molecule has 0 radical (unpaired) electrons. The van der Waals surface area contributed by atoms with Crippen LogP contribution in [-0.2, 0) is 4.84 Å². The molecule has 3 aromatic rings. The van der Waals surface area contributed by atoms with Crippen LogP contribution >= 0.6 is 0 Å². The molecule has 0 bridgehead atoms. The summed E-state index contributed by atoms with van der Waals surface area (Å²) in [4.78, 5) is 6.02. The van der Waals surface area contributed by atoms with Crippen LogP contribution in [0.4, 0.5) is 0 Å². The first-order valence-electron chi connectivity index (χ1n) is 9.72. The van der Waals surface area contributed by atoms with Gasteiger partial charge >= 0.3 is 0 Å². The van der Waals surface area contributed by atoms with E-state index >= 15 is 0 Å². The van der Waals surface area contributed by atoms with Crippen LogP contribution in [0.25, 0.3) is 22.6 Å². The molecule has 6 heteroatoms. The summed E-state index contributed by atoms with van der Waals surface area (Å²) in [6.45, 7) is 7.14. The molecular weight excluding hydrogens is 368 g/mol. The molecule has 0 atom stereocenters. The van der Waals surface area contributed by atoms with Crippen molar-refractivity contribution in [3.8, 4) is 22.8 Å². The molecule has 1 aliphatic rings. The zero-order chi connectivity index (χ0) is 20.5. The summed E-state index contributed by atoms with van der Waals surface area (Å²) in [6, 6.07) is 14.8. The van der Waals surface area contributed by atoms with Gasteiger partial charge in [-0.2, -0.15) is 0 Å². The van der Waals surface area contributed by atoms with Gasteiger partial charge in [0.2, 0.25) is 0 Å². The number of rotatable bonds is 5. The fourth-order valence-electron chi connectivity index (χ4n) is 3.44. The van der Waals surface area contributed by atoms with Crippen LogP contribution in [0.5, 0.6) is 11.5 Å². The molecule has 2 heterocycles. The normalized spacial score (nSPS) is 14.6. The van der Waals surface area contributed by atoms with Crippen LogP contribution < -0.4 is 0 Å². The number of phenolic OH excluding ortho intramolecular Hbond substituents is 2. The van der Waals surface area contributed by atoms with Gasteiger partial charge in [-0.1, -0.05) is 49.3 Å². The van der Waals surface area contributed by atoms with Crippen molar-refractivity contribution in [1.29, 1.82) is 0 Å². The Kier molecular flexibility index (Phi) is 5.03. The van der Waals surface area contributed by atoms with E-state index in [2.05, 4.69) is 5.16 Å². The molecule has 0 fully saturated rings. The number of aromatic hydroxyl groups is 2. The second-order valence-corrected chi connectivity index (χ2v) is 7.38. The first-order valence-corrected chi connectivity index (χ1v) is 9.72. The van der Waals surface area contributed by atoms with E-state index in [0.717, 1.165) is 22.4 Å². The zero-order valence-electron chi connectivity index (χ0n) is 16.7. The van der Waals surface area contributed by atoms with Gasteiger partial charge in [0.05, 0.1) is 17.7 Å². The van der Waals surface area contributed by atoms with Crippen molar-refractivity contribution in [1.82, 2.24) is 10.2 Å². The quantitative estimate of drug-likeness (QED) is 0.635. The Labute approximate surface area is 169 Å². The van der Waals surface area contributed by atoms with Crippen molar-refractivity contribution >= 4 is 11.3 Å². The van der Waals surface area contributed by atoms with Crippen molar-refractivity contribution in [2.45, 2.75) is 26.7 Å². The van der Waals surface area contributed by atoms with Gasteiger partial charge in [0.25, 0.3) is 0 Å². The van der Waals surface area contributed by atoms with Crippen molar-refractivity contribution < 1.29 is 19.6 Å². The zero-order valence-corrected chi connectivity index (χ0v) is 16.7. The highest BCUT2D eigenvalue weighted by molar-refractivity contribution is 5.90.